The van der Waals surface area contributed by atoms with Crippen LogP contribution in [0.3, 0.4) is 0 Å². The minimum atomic E-state index is -0.478. The second-order valence-corrected chi connectivity index (χ2v) is 6.94. The monoisotopic (exact) mass is 394 g/mol. The Bertz CT molecular complexity index is 1040. The highest BCUT2D eigenvalue weighted by Crippen LogP contribution is 2.26. The van der Waals surface area contributed by atoms with E-state index in [-0.39, 0.29) is 17.5 Å². The molecule has 0 aliphatic heterocycles. The minimum Gasteiger partial charge on any atom is -0.497 e. The summed E-state index contributed by atoms with van der Waals surface area (Å²) in [5, 5.41) is 18.6. The number of methoxy groups -OCH3 is 1. The van der Waals surface area contributed by atoms with Crippen LogP contribution < -0.4 is 10.1 Å². The number of hydrogen-bond donors (Lipinski definition) is 1. The van der Waals surface area contributed by atoms with Crippen LogP contribution >= 0.6 is 0 Å². The van der Waals surface area contributed by atoms with Crippen molar-refractivity contribution in [3.63, 3.8) is 0 Å². The molecule has 0 radical (unpaired) electrons. The van der Waals surface area contributed by atoms with Crippen molar-refractivity contribution in [1.29, 1.82) is 0 Å². The van der Waals surface area contributed by atoms with Gasteiger partial charge in [-0.1, -0.05) is 32.0 Å². The summed E-state index contributed by atoms with van der Waals surface area (Å²) in [5.41, 5.74) is 1.98. The first-order valence-corrected chi connectivity index (χ1v) is 9.16. The van der Waals surface area contributed by atoms with E-state index in [0.717, 1.165) is 5.56 Å². The van der Waals surface area contributed by atoms with Crippen LogP contribution in [0.15, 0.2) is 54.6 Å². The molecule has 0 bridgehead atoms. The van der Waals surface area contributed by atoms with E-state index < -0.39 is 4.92 Å². The van der Waals surface area contributed by atoms with Gasteiger partial charge in [0, 0.05) is 24.2 Å². The van der Waals surface area contributed by atoms with E-state index in [0.29, 0.717) is 29.4 Å². The van der Waals surface area contributed by atoms with Gasteiger partial charge in [0.05, 0.1) is 23.4 Å². The lowest BCUT2D eigenvalue weighted by atomic mass is 10.1. The van der Waals surface area contributed by atoms with E-state index in [4.69, 9.17) is 4.74 Å². The number of aromatic nitrogens is 2. The molecule has 0 unspecified atom stereocenters. The third kappa shape index (κ3) is 4.60. The van der Waals surface area contributed by atoms with E-state index in [9.17, 15) is 14.9 Å². The van der Waals surface area contributed by atoms with Crippen LogP contribution in [-0.4, -0.2) is 34.3 Å². The van der Waals surface area contributed by atoms with Gasteiger partial charge in [-0.05, 0) is 30.2 Å². The number of nitrogens with zero attached hydrogens (tertiary/aromatic N) is 3. The Kier molecular flexibility index (Phi) is 5.92. The van der Waals surface area contributed by atoms with Gasteiger partial charge in [-0.2, -0.15) is 5.10 Å². The zero-order valence-corrected chi connectivity index (χ0v) is 16.5. The average molecular weight is 394 g/mol. The van der Waals surface area contributed by atoms with Crippen molar-refractivity contribution >= 4 is 11.6 Å². The molecule has 3 rings (SSSR count). The molecule has 150 valence electrons. The Balaban J connectivity index is 2.09. The van der Waals surface area contributed by atoms with Gasteiger partial charge in [0.25, 0.3) is 11.6 Å². The maximum atomic E-state index is 12.8. The SMILES string of the molecule is COc1cccc(-c2cc(C(=O)NCC(C)C)n(-c3cccc([N+](=O)[O-])c3)n2)c1. The predicted octanol–water partition coefficient (Wildman–Crippen LogP) is 3.84. The predicted molar refractivity (Wildman–Crippen MR) is 109 cm³/mol. The highest BCUT2D eigenvalue weighted by molar-refractivity contribution is 5.94. The quantitative estimate of drug-likeness (QED) is 0.485. The highest BCUT2D eigenvalue weighted by atomic mass is 16.6. The molecule has 0 saturated heterocycles. The Morgan fingerprint density at radius 3 is 2.66 bits per heavy atom. The molecule has 0 aliphatic rings. The van der Waals surface area contributed by atoms with E-state index in [1.165, 1.54) is 16.8 Å². The lowest BCUT2D eigenvalue weighted by Gasteiger charge is -2.09. The van der Waals surface area contributed by atoms with E-state index in [1.807, 2.05) is 38.1 Å². The summed E-state index contributed by atoms with van der Waals surface area (Å²) in [6.45, 7) is 4.51. The average Bonchev–Trinajstić information content (AvgIpc) is 3.17. The highest BCUT2D eigenvalue weighted by Gasteiger charge is 2.19. The summed E-state index contributed by atoms with van der Waals surface area (Å²) in [6, 6.07) is 15.0. The van der Waals surface area contributed by atoms with Crippen molar-refractivity contribution < 1.29 is 14.5 Å². The standard InChI is InChI=1S/C21H22N4O4/c1-14(2)13-22-21(26)20-12-19(15-6-4-9-18(10-15)29-3)23-24(20)16-7-5-8-17(11-16)25(27)28/h4-12,14H,13H2,1-3H3,(H,22,26). The van der Waals surface area contributed by atoms with Crippen LogP contribution in [0.1, 0.15) is 24.3 Å². The number of amides is 1. The first-order valence-electron chi connectivity index (χ1n) is 9.16. The molecular weight excluding hydrogens is 372 g/mol. The molecule has 1 heterocycles. The molecule has 0 fully saturated rings. The molecule has 0 atom stereocenters. The maximum absolute atomic E-state index is 12.8. The van der Waals surface area contributed by atoms with Crippen LogP contribution in [0.4, 0.5) is 5.69 Å². The first kappa shape index (κ1) is 20.1. The number of nitro groups is 1. The zero-order chi connectivity index (χ0) is 21.0. The largest absolute Gasteiger partial charge is 0.497 e. The summed E-state index contributed by atoms with van der Waals surface area (Å²) in [7, 11) is 1.58. The second-order valence-electron chi connectivity index (χ2n) is 6.94. The molecule has 8 nitrogen and oxygen atoms in total. The molecule has 1 N–H and O–H groups in total. The van der Waals surface area contributed by atoms with Gasteiger partial charge in [-0.3, -0.25) is 14.9 Å². The van der Waals surface area contributed by atoms with Gasteiger partial charge in [0.2, 0.25) is 0 Å². The number of nitrogens with one attached hydrogen (secondary N) is 1. The molecule has 0 saturated carbocycles. The Hall–Kier alpha value is -3.68. The van der Waals surface area contributed by atoms with E-state index in [2.05, 4.69) is 10.4 Å². The number of nitro benzene ring substituents is 1. The number of carbonyl (C=O) groups excluding carboxylic acids is 1. The first-order chi connectivity index (χ1) is 13.9. The summed E-state index contributed by atoms with van der Waals surface area (Å²) in [5.74, 6) is 0.649. The minimum absolute atomic E-state index is 0.0746. The molecular formula is C21H22N4O4. The summed E-state index contributed by atoms with van der Waals surface area (Å²) >= 11 is 0. The van der Waals surface area contributed by atoms with Crippen LogP contribution in [0.5, 0.6) is 5.75 Å². The smallest absolute Gasteiger partial charge is 0.271 e. The fourth-order valence-electron chi connectivity index (χ4n) is 2.79. The van der Waals surface area contributed by atoms with Crippen LogP contribution in [0.2, 0.25) is 0 Å². The topological polar surface area (TPSA) is 99.3 Å². The molecule has 29 heavy (non-hydrogen) atoms. The van der Waals surface area contributed by atoms with Gasteiger partial charge < -0.3 is 10.1 Å². The number of non-ortho nitro benzene ring substituents is 1. The van der Waals surface area contributed by atoms with Gasteiger partial charge in [-0.25, -0.2) is 4.68 Å². The van der Waals surface area contributed by atoms with Crippen LogP contribution in [0, 0.1) is 16.0 Å². The Labute approximate surface area is 168 Å². The van der Waals surface area contributed by atoms with E-state index in [1.54, 1.807) is 25.3 Å². The van der Waals surface area contributed by atoms with Crippen molar-refractivity contribution in [2.75, 3.05) is 13.7 Å². The zero-order valence-electron chi connectivity index (χ0n) is 16.5. The fourth-order valence-corrected chi connectivity index (χ4v) is 2.79. The molecule has 8 heteroatoms. The van der Waals surface area contributed by atoms with Crippen LogP contribution in [0.25, 0.3) is 16.9 Å². The third-order valence-electron chi connectivity index (χ3n) is 4.26. The molecule has 1 aromatic heterocycles. The maximum Gasteiger partial charge on any atom is 0.271 e. The molecule has 2 aromatic carbocycles. The molecule has 0 spiro atoms. The third-order valence-corrected chi connectivity index (χ3v) is 4.26. The van der Waals surface area contributed by atoms with Crippen molar-refractivity contribution in [2.24, 2.45) is 5.92 Å². The number of carbonyl (C=O) groups is 1. The van der Waals surface area contributed by atoms with Gasteiger partial charge in [-0.15, -0.1) is 0 Å². The van der Waals surface area contributed by atoms with Gasteiger partial charge in [0.1, 0.15) is 11.4 Å². The lowest BCUT2D eigenvalue weighted by Crippen LogP contribution is -2.29. The summed E-state index contributed by atoms with van der Waals surface area (Å²) in [4.78, 5) is 23.5. The fraction of sp³-hybridized carbons (Fsp3) is 0.238. The second kappa shape index (κ2) is 8.55. The van der Waals surface area contributed by atoms with Crippen molar-refractivity contribution in [3.05, 3.63) is 70.4 Å². The van der Waals surface area contributed by atoms with E-state index >= 15 is 0 Å². The number of hydrogen-bond acceptors (Lipinski definition) is 5. The lowest BCUT2D eigenvalue weighted by molar-refractivity contribution is -0.384. The number of benzene rings is 2. The molecule has 1 amide bonds. The number of rotatable bonds is 7. The van der Waals surface area contributed by atoms with Crippen molar-refractivity contribution in [2.45, 2.75) is 13.8 Å². The Morgan fingerprint density at radius 2 is 1.97 bits per heavy atom. The normalized spacial score (nSPS) is 10.8. The summed E-state index contributed by atoms with van der Waals surface area (Å²) in [6.07, 6.45) is 0. The van der Waals surface area contributed by atoms with Gasteiger partial charge in [0.15, 0.2) is 0 Å². The van der Waals surface area contributed by atoms with Crippen molar-refractivity contribution in [3.8, 4) is 22.7 Å². The van der Waals surface area contributed by atoms with Gasteiger partial charge >= 0.3 is 0 Å². The molecule has 0 aliphatic carbocycles. The van der Waals surface area contributed by atoms with Crippen molar-refractivity contribution in [1.82, 2.24) is 15.1 Å². The Morgan fingerprint density at radius 1 is 1.21 bits per heavy atom. The number of ether oxygens (including phenoxy) is 1. The van der Waals surface area contributed by atoms with Crippen LogP contribution in [-0.2, 0) is 0 Å². The molecule has 3 aromatic rings. The summed E-state index contributed by atoms with van der Waals surface area (Å²) < 4.78 is 6.69.